The monoisotopic (exact) mass is 524 g/mol. The predicted octanol–water partition coefficient (Wildman–Crippen LogP) is 7.98. The molecule has 0 saturated carbocycles. The fraction of sp³-hybridized carbons (Fsp3) is 0. The Morgan fingerprint density at radius 2 is 1.28 bits per heavy atom. The van der Waals surface area contributed by atoms with Gasteiger partial charge in [-0.05, 0) is 51.9 Å². The quantitative estimate of drug-likeness (QED) is 0.174. The lowest BCUT2D eigenvalue weighted by atomic mass is 10.0. The Morgan fingerprint density at radius 1 is 0.594 bits per heavy atom. The number of halogens is 1. The molecule has 0 fully saturated rings. The fourth-order valence-electron chi connectivity index (χ4n) is 4.12. The summed E-state index contributed by atoms with van der Waals surface area (Å²) >= 11 is 2.27. The first-order valence-corrected chi connectivity index (χ1v) is 11.5. The molecule has 0 atom stereocenters. The lowest BCUT2D eigenvalue weighted by Crippen LogP contribution is -1.95. The van der Waals surface area contributed by atoms with E-state index in [-0.39, 0.29) is 0 Å². The van der Waals surface area contributed by atoms with Crippen LogP contribution in [0.1, 0.15) is 0 Å². The average Bonchev–Trinajstić information content (AvgIpc) is 3.23. The molecular weight excluding hydrogens is 507 g/mol. The Bertz CT molecular complexity index is 1570. The molecule has 0 saturated heterocycles. The Kier molecular flexibility index (Phi) is 4.72. The molecule has 32 heavy (non-hydrogen) atoms. The van der Waals surface area contributed by atoms with Crippen LogP contribution in [0.3, 0.4) is 0 Å². The third-order valence-electron chi connectivity index (χ3n) is 5.62. The van der Waals surface area contributed by atoms with E-state index in [9.17, 15) is 0 Å². The maximum Gasteiger partial charge on any atom is 0.160 e. The van der Waals surface area contributed by atoms with E-state index < -0.39 is 0 Å². The van der Waals surface area contributed by atoms with Crippen LogP contribution < -0.4 is 0 Å². The molecule has 0 N–H and O–H groups in total. The topological polar surface area (TPSA) is 38.9 Å². The van der Waals surface area contributed by atoms with Crippen LogP contribution in [0, 0.1) is 3.70 Å². The zero-order chi connectivity index (χ0) is 21.5. The molecule has 0 aliphatic rings. The summed E-state index contributed by atoms with van der Waals surface area (Å²) in [6.07, 6.45) is 0. The van der Waals surface area contributed by atoms with Gasteiger partial charge in [-0.3, -0.25) is 0 Å². The third kappa shape index (κ3) is 3.37. The van der Waals surface area contributed by atoms with E-state index in [0.717, 1.165) is 48.3 Å². The second kappa shape index (κ2) is 7.88. The summed E-state index contributed by atoms with van der Waals surface area (Å²) in [7, 11) is 0. The van der Waals surface area contributed by atoms with E-state index in [1.807, 2.05) is 42.5 Å². The van der Waals surface area contributed by atoms with Crippen molar-refractivity contribution in [2.45, 2.75) is 0 Å². The van der Waals surface area contributed by atoms with Gasteiger partial charge in [-0.25, -0.2) is 9.97 Å². The van der Waals surface area contributed by atoms with Crippen LogP contribution in [0.25, 0.3) is 55.7 Å². The van der Waals surface area contributed by atoms with Gasteiger partial charge in [-0.15, -0.1) is 0 Å². The summed E-state index contributed by atoms with van der Waals surface area (Å²) in [6.45, 7) is 0. The van der Waals surface area contributed by atoms with Gasteiger partial charge in [0.15, 0.2) is 5.82 Å². The van der Waals surface area contributed by atoms with Crippen LogP contribution in [0.2, 0.25) is 0 Å². The Morgan fingerprint density at radius 3 is 2.12 bits per heavy atom. The zero-order valence-electron chi connectivity index (χ0n) is 17.0. The summed E-state index contributed by atoms with van der Waals surface area (Å²) < 4.78 is 6.97. The van der Waals surface area contributed by atoms with E-state index in [4.69, 9.17) is 14.4 Å². The van der Waals surface area contributed by atoms with Gasteiger partial charge in [0.1, 0.15) is 14.9 Å². The van der Waals surface area contributed by atoms with Gasteiger partial charge in [0.2, 0.25) is 0 Å². The van der Waals surface area contributed by atoms with Crippen molar-refractivity contribution in [3.8, 4) is 33.8 Å². The van der Waals surface area contributed by atoms with E-state index in [2.05, 4.69) is 83.3 Å². The first kappa shape index (κ1) is 19.2. The standard InChI is InChI=1S/C28H17IN2O/c29-26-17-23(21-10-6-12-25-27(21)22-9-4-5-11-24(22)32-25)30-28(31-26)20-15-13-19(14-16-20)18-7-2-1-3-8-18/h1-17H. The number of para-hydroxylation sites is 1. The van der Waals surface area contributed by atoms with Gasteiger partial charge in [0, 0.05) is 21.9 Å². The molecule has 4 aromatic carbocycles. The van der Waals surface area contributed by atoms with Gasteiger partial charge in [0.05, 0.1) is 5.69 Å². The highest BCUT2D eigenvalue weighted by molar-refractivity contribution is 14.1. The molecule has 6 aromatic rings. The molecule has 0 aliphatic carbocycles. The molecule has 0 radical (unpaired) electrons. The van der Waals surface area contributed by atoms with Crippen molar-refractivity contribution in [1.29, 1.82) is 0 Å². The summed E-state index contributed by atoms with van der Waals surface area (Å²) in [5.41, 5.74) is 7.06. The van der Waals surface area contributed by atoms with Crippen molar-refractivity contribution in [2.75, 3.05) is 0 Å². The molecule has 0 spiro atoms. The third-order valence-corrected chi connectivity index (χ3v) is 6.18. The van der Waals surface area contributed by atoms with E-state index in [1.165, 1.54) is 11.1 Å². The first-order valence-electron chi connectivity index (χ1n) is 10.4. The normalized spacial score (nSPS) is 11.3. The van der Waals surface area contributed by atoms with E-state index in [1.54, 1.807) is 0 Å². The molecule has 0 bridgehead atoms. The van der Waals surface area contributed by atoms with Crippen LogP contribution >= 0.6 is 22.6 Å². The molecule has 4 heteroatoms. The van der Waals surface area contributed by atoms with Gasteiger partial charge < -0.3 is 4.42 Å². The molecule has 0 unspecified atom stereocenters. The minimum Gasteiger partial charge on any atom is -0.456 e. The average molecular weight is 524 g/mol. The number of nitrogens with zero attached hydrogens (tertiary/aromatic N) is 2. The number of furan rings is 1. The second-order valence-corrected chi connectivity index (χ2v) is 8.73. The minimum atomic E-state index is 0.719. The molecular formula is C28H17IN2O. The maximum atomic E-state index is 6.07. The number of aromatic nitrogens is 2. The number of hydrogen-bond donors (Lipinski definition) is 0. The molecule has 2 heterocycles. The lowest BCUT2D eigenvalue weighted by Gasteiger charge is -2.08. The Hall–Kier alpha value is -3.51. The van der Waals surface area contributed by atoms with Gasteiger partial charge in [0.25, 0.3) is 0 Å². The number of benzene rings is 4. The van der Waals surface area contributed by atoms with Crippen LogP contribution in [0.15, 0.2) is 108 Å². The number of rotatable bonds is 3. The van der Waals surface area contributed by atoms with Gasteiger partial charge >= 0.3 is 0 Å². The van der Waals surface area contributed by atoms with Crippen molar-refractivity contribution in [1.82, 2.24) is 9.97 Å². The van der Waals surface area contributed by atoms with Crippen LogP contribution in [-0.2, 0) is 0 Å². The molecule has 2 aromatic heterocycles. The first-order chi connectivity index (χ1) is 15.8. The highest BCUT2D eigenvalue weighted by Gasteiger charge is 2.15. The largest absolute Gasteiger partial charge is 0.456 e. The fourth-order valence-corrected chi connectivity index (χ4v) is 4.64. The van der Waals surface area contributed by atoms with Gasteiger partial charge in [-0.2, -0.15) is 0 Å². The zero-order valence-corrected chi connectivity index (χ0v) is 19.2. The molecule has 0 amide bonds. The summed E-state index contributed by atoms with van der Waals surface area (Å²) in [4.78, 5) is 9.67. The molecule has 152 valence electrons. The number of hydrogen-bond acceptors (Lipinski definition) is 3. The van der Waals surface area contributed by atoms with Crippen molar-refractivity contribution in [2.24, 2.45) is 0 Å². The summed E-state index contributed by atoms with van der Waals surface area (Å²) in [6, 6.07) is 35.1. The van der Waals surface area contributed by atoms with Crippen molar-refractivity contribution in [3.05, 3.63) is 107 Å². The molecule has 0 aliphatic heterocycles. The number of fused-ring (bicyclic) bond motifs is 3. The van der Waals surface area contributed by atoms with Crippen molar-refractivity contribution >= 4 is 44.5 Å². The van der Waals surface area contributed by atoms with E-state index >= 15 is 0 Å². The van der Waals surface area contributed by atoms with Crippen LogP contribution in [-0.4, -0.2) is 9.97 Å². The lowest BCUT2D eigenvalue weighted by molar-refractivity contribution is 0.669. The SMILES string of the molecule is Ic1cc(-c2cccc3oc4ccccc4c23)nc(-c2ccc(-c3ccccc3)cc2)n1. The smallest absolute Gasteiger partial charge is 0.160 e. The van der Waals surface area contributed by atoms with E-state index in [0.29, 0.717) is 0 Å². The Labute approximate surface area is 198 Å². The molecule has 6 rings (SSSR count). The van der Waals surface area contributed by atoms with Crippen LogP contribution in [0.5, 0.6) is 0 Å². The Balaban J connectivity index is 1.48. The summed E-state index contributed by atoms with van der Waals surface area (Å²) in [5.74, 6) is 0.719. The van der Waals surface area contributed by atoms with Crippen molar-refractivity contribution in [3.63, 3.8) is 0 Å². The predicted molar refractivity (Wildman–Crippen MR) is 138 cm³/mol. The minimum absolute atomic E-state index is 0.719. The van der Waals surface area contributed by atoms with Crippen molar-refractivity contribution < 1.29 is 4.42 Å². The highest BCUT2D eigenvalue weighted by atomic mass is 127. The van der Waals surface area contributed by atoms with Crippen LogP contribution in [0.4, 0.5) is 0 Å². The molecule has 3 nitrogen and oxygen atoms in total. The van der Waals surface area contributed by atoms with Gasteiger partial charge in [-0.1, -0.05) is 84.9 Å². The highest BCUT2D eigenvalue weighted by Crippen LogP contribution is 2.36. The summed E-state index contributed by atoms with van der Waals surface area (Å²) in [5, 5.41) is 2.18. The second-order valence-electron chi connectivity index (χ2n) is 7.62. The maximum absolute atomic E-state index is 6.07.